The SMILES string of the molecule is CCOc1ccc(NC(=O)CNC(=O)C2CCC(CNS(=O)(=O)c3ccccc3)CC2)cc1. The first-order valence-electron chi connectivity index (χ1n) is 11.2. The summed E-state index contributed by atoms with van der Waals surface area (Å²) in [5, 5.41) is 5.46. The molecule has 178 valence electrons. The van der Waals surface area contributed by atoms with E-state index in [9.17, 15) is 18.0 Å². The lowest BCUT2D eigenvalue weighted by atomic mass is 9.81. The Bertz CT molecular complexity index is 1020. The maximum atomic E-state index is 12.5. The zero-order valence-electron chi connectivity index (χ0n) is 18.8. The molecule has 0 aliphatic heterocycles. The lowest BCUT2D eigenvalue weighted by Crippen LogP contribution is -2.39. The number of hydrogen-bond donors (Lipinski definition) is 3. The normalized spacial score (nSPS) is 18.3. The third-order valence-corrected chi connectivity index (χ3v) is 7.14. The molecule has 33 heavy (non-hydrogen) atoms. The number of rotatable bonds is 10. The van der Waals surface area contributed by atoms with Crippen molar-refractivity contribution in [3.8, 4) is 5.75 Å². The minimum Gasteiger partial charge on any atom is -0.494 e. The second-order valence-electron chi connectivity index (χ2n) is 8.11. The lowest BCUT2D eigenvalue weighted by molar-refractivity contribution is -0.128. The molecule has 0 spiro atoms. The van der Waals surface area contributed by atoms with Crippen molar-refractivity contribution in [1.82, 2.24) is 10.0 Å². The largest absolute Gasteiger partial charge is 0.494 e. The summed E-state index contributed by atoms with van der Waals surface area (Å²) in [7, 11) is -3.52. The van der Waals surface area contributed by atoms with E-state index in [0.717, 1.165) is 18.6 Å². The molecule has 3 rings (SSSR count). The van der Waals surface area contributed by atoms with Crippen molar-refractivity contribution in [2.75, 3.05) is 25.0 Å². The fraction of sp³-hybridized carbons (Fsp3) is 0.417. The van der Waals surface area contributed by atoms with E-state index in [1.165, 1.54) is 0 Å². The summed E-state index contributed by atoms with van der Waals surface area (Å²) in [6.07, 6.45) is 2.86. The van der Waals surface area contributed by atoms with Gasteiger partial charge in [0.1, 0.15) is 5.75 Å². The number of sulfonamides is 1. The molecule has 0 radical (unpaired) electrons. The van der Waals surface area contributed by atoms with Crippen LogP contribution in [0.4, 0.5) is 5.69 Å². The molecule has 0 heterocycles. The number of carbonyl (C=O) groups excluding carboxylic acids is 2. The van der Waals surface area contributed by atoms with Gasteiger partial charge in [0, 0.05) is 18.2 Å². The molecule has 2 aromatic carbocycles. The van der Waals surface area contributed by atoms with Gasteiger partial charge in [0.15, 0.2) is 0 Å². The molecule has 2 amide bonds. The highest BCUT2D eigenvalue weighted by Gasteiger charge is 2.27. The zero-order valence-corrected chi connectivity index (χ0v) is 19.6. The van der Waals surface area contributed by atoms with Crippen LogP contribution in [0.15, 0.2) is 59.5 Å². The number of carbonyl (C=O) groups is 2. The van der Waals surface area contributed by atoms with Gasteiger partial charge >= 0.3 is 0 Å². The molecular formula is C24H31N3O5S. The van der Waals surface area contributed by atoms with Crippen LogP contribution in [-0.2, 0) is 19.6 Å². The molecule has 0 unspecified atom stereocenters. The van der Waals surface area contributed by atoms with Crippen molar-refractivity contribution >= 4 is 27.5 Å². The fourth-order valence-corrected chi connectivity index (χ4v) is 4.99. The molecule has 1 aliphatic rings. The van der Waals surface area contributed by atoms with E-state index < -0.39 is 10.0 Å². The van der Waals surface area contributed by atoms with Gasteiger partial charge in [-0.3, -0.25) is 9.59 Å². The lowest BCUT2D eigenvalue weighted by Gasteiger charge is -2.27. The topological polar surface area (TPSA) is 114 Å². The molecule has 0 saturated heterocycles. The van der Waals surface area contributed by atoms with Crippen molar-refractivity contribution in [2.24, 2.45) is 11.8 Å². The van der Waals surface area contributed by atoms with E-state index >= 15 is 0 Å². The highest BCUT2D eigenvalue weighted by atomic mass is 32.2. The Morgan fingerprint density at radius 3 is 2.27 bits per heavy atom. The van der Waals surface area contributed by atoms with Gasteiger partial charge in [-0.25, -0.2) is 13.1 Å². The maximum absolute atomic E-state index is 12.5. The third-order valence-electron chi connectivity index (χ3n) is 5.71. The van der Waals surface area contributed by atoms with Gasteiger partial charge in [0.05, 0.1) is 18.0 Å². The number of nitrogens with one attached hydrogen (secondary N) is 3. The van der Waals surface area contributed by atoms with Crippen molar-refractivity contribution in [1.29, 1.82) is 0 Å². The quantitative estimate of drug-likeness (QED) is 0.491. The van der Waals surface area contributed by atoms with E-state index in [0.29, 0.717) is 31.7 Å². The second-order valence-corrected chi connectivity index (χ2v) is 9.87. The van der Waals surface area contributed by atoms with Crippen LogP contribution in [0.3, 0.4) is 0 Å². The van der Waals surface area contributed by atoms with Crippen LogP contribution in [0.2, 0.25) is 0 Å². The van der Waals surface area contributed by atoms with Gasteiger partial charge in [0.25, 0.3) is 0 Å². The summed E-state index contributed by atoms with van der Waals surface area (Å²) >= 11 is 0. The Morgan fingerprint density at radius 2 is 1.64 bits per heavy atom. The summed E-state index contributed by atoms with van der Waals surface area (Å²) in [5.41, 5.74) is 0.635. The van der Waals surface area contributed by atoms with Gasteiger partial charge in [-0.1, -0.05) is 18.2 Å². The van der Waals surface area contributed by atoms with E-state index in [1.807, 2.05) is 6.92 Å². The Kier molecular flexibility index (Phi) is 8.85. The predicted molar refractivity (Wildman–Crippen MR) is 126 cm³/mol. The smallest absolute Gasteiger partial charge is 0.243 e. The Labute approximate surface area is 195 Å². The molecular weight excluding hydrogens is 442 g/mol. The zero-order chi connectivity index (χ0) is 23.7. The van der Waals surface area contributed by atoms with Crippen LogP contribution in [0.25, 0.3) is 0 Å². The molecule has 1 saturated carbocycles. The van der Waals surface area contributed by atoms with Crippen molar-refractivity contribution in [3.05, 3.63) is 54.6 Å². The molecule has 3 N–H and O–H groups in total. The highest BCUT2D eigenvalue weighted by molar-refractivity contribution is 7.89. The molecule has 1 fully saturated rings. The molecule has 0 bridgehead atoms. The fourth-order valence-electron chi connectivity index (χ4n) is 3.86. The van der Waals surface area contributed by atoms with E-state index in [4.69, 9.17) is 4.74 Å². The average molecular weight is 474 g/mol. The molecule has 1 aliphatic carbocycles. The molecule has 9 heteroatoms. The van der Waals surface area contributed by atoms with E-state index in [1.54, 1.807) is 54.6 Å². The monoisotopic (exact) mass is 473 g/mol. The first-order chi connectivity index (χ1) is 15.9. The Balaban J connectivity index is 1.36. The number of ether oxygens (including phenoxy) is 1. The summed E-state index contributed by atoms with van der Waals surface area (Å²) in [6.45, 7) is 2.74. The summed E-state index contributed by atoms with van der Waals surface area (Å²) in [6, 6.07) is 15.3. The first-order valence-corrected chi connectivity index (χ1v) is 12.7. The first kappa shape index (κ1) is 24.7. The van der Waals surface area contributed by atoms with Gasteiger partial charge in [-0.15, -0.1) is 0 Å². The van der Waals surface area contributed by atoms with E-state index in [-0.39, 0.29) is 35.1 Å². The van der Waals surface area contributed by atoms with Crippen molar-refractivity contribution in [2.45, 2.75) is 37.5 Å². The summed E-state index contributed by atoms with van der Waals surface area (Å²) in [5.74, 6) is 0.324. The van der Waals surface area contributed by atoms with Crippen LogP contribution < -0.4 is 20.1 Å². The van der Waals surface area contributed by atoms with E-state index in [2.05, 4.69) is 15.4 Å². The van der Waals surface area contributed by atoms with Crippen molar-refractivity contribution in [3.63, 3.8) is 0 Å². The van der Waals surface area contributed by atoms with Crippen molar-refractivity contribution < 1.29 is 22.7 Å². The van der Waals surface area contributed by atoms with Crippen LogP contribution in [-0.4, -0.2) is 39.9 Å². The molecule has 0 aromatic heterocycles. The van der Waals surface area contributed by atoms with Gasteiger partial charge in [-0.2, -0.15) is 0 Å². The van der Waals surface area contributed by atoms with Gasteiger partial charge < -0.3 is 15.4 Å². The number of benzene rings is 2. The summed E-state index contributed by atoms with van der Waals surface area (Å²) in [4.78, 5) is 24.8. The Hall–Kier alpha value is -2.91. The molecule has 0 atom stereocenters. The molecule has 8 nitrogen and oxygen atoms in total. The van der Waals surface area contributed by atoms with Gasteiger partial charge in [-0.05, 0) is 74.9 Å². The molecule has 2 aromatic rings. The summed E-state index contributed by atoms with van der Waals surface area (Å²) < 4.78 is 32.7. The number of hydrogen-bond acceptors (Lipinski definition) is 5. The maximum Gasteiger partial charge on any atom is 0.243 e. The van der Waals surface area contributed by atoms with Gasteiger partial charge in [0.2, 0.25) is 21.8 Å². The second kappa shape index (κ2) is 11.8. The average Bonchev–Trinajstić information content (AvgIpc) is 2.83. The standard InChI is InChI=1S/C24H31N3O5S/c1-2-32-21-14-12-20(13-15-21)27-23(28)17-25-24(29)19-10-8-18(9-11-19)16-26-33(30,31)22-6-4-3-5-7-22/h3-7,12-15,18-19,26H,2,8-11,16-17H2,1H3,(H,25,29)(H,27,28). The Morgan fingerprint density at radius 1 is 0.970 bits per heavy atom. The predicted octanol–water partition coefficient (Wildman–Crippen LogP) is 2.92. The highest BCUT2D eigenvalue weighted by Crippen LogP contribution is 2.29. The minimum absolute atomic E-state index is 0.0944. The van der Waals surface area contributed by atoms with Crippen LogP contribution in [0, 0.1) is 11.8 Å². The van der Waals surface area contributed by atoms with Crippen LogP contribution >= 0.6 is 0 Å². The van der Waals surface area contributed by atoms with Crippen LogP contribution in [0.1, 0.15) is 32.6 Å². The third kappa shape index (κ3) is 7.57. The number of amides is 2. The van der Waals surface area contributed by atoms with Crippen LogP contribution in [0.5, 0.6) is 5.75 Å². The minimum atomic E-state index is -3.52. The number of anilines is 1.